The highest BCUT2D eigenvalue weighted by Crippen LogP contribution is 2.20. The van der Waals surface area contributed by atoms with Crippen molar-refractivity contribution < 1.29 is 19.1 Å². The number of rotatable bonds is 5. The summed E-state index contributed by atoms with van der Waals surface area (Å²) in [5, 5.41) is 8.79. The molecule has 24 heavy (non-hydrogen) atoms. The lowest BCUT2D eigenvalue weighted by molar-refractivity contribution is -0.152. The molecular formula is C18H22N2O4. The summed E-state index contributed by atoms with van der Waals surface area (Å²) in [5.74, 6) is -0.109. The van der Waals surface area contributed by atoms with E-state index < -0.39 is 6.10 Å². The molecule has 0 aliphatic carbocycles. The van der Waals surface area contributed by atoms with E-state index in [0.29, 0.717) is 31.0 Å². The molecule has 2 unspecified atom stereocenters. The minimum Gasteiger partial charge on any atom is -0.481 e. The largest absolute Gasteiger partial charge is 0.481 e. The Morgan fingerprint density at radius 1 is 1.38 bits per heavy atom. The average Bonchev–Trinajstić information content (AvgIpc) is 2.62. The van der Waals surface area contributed by atoms with E-state index in [-0.39, 0.29) is 17.8 Å². The van der Waals surface area contributed by atoms with E-state index in [9.17, 15) is 9.59 Å². The lowest BCUT2D eigenvalue weighted by atomic mass is 9.98. The van der Waals surface area contributed by atoms with Crippen molar-refractivity contribution in [2.75, 3.05) is 19.7 Å². The van der Waals surface area contributed by atoms with Crippen molar-refractivity contribution in [3.63, 3.8) is 0 Å². The van der Waals surface area contributed by atoms with Gasteiger partial charge in [-0.3, -0.25) is 9.59 Å². The molecule has 1 amide bonds. The third kappa shape index (κ3) is 4.48. The van der Waals surface area contributed by atoms with Gasteiger partial charge in [0.05, 0.1) is 24.2 Å². The van der Waals surface area contributed by atoms with Gasteiger partial charge in [0.15, 0.2) is 6.10 Å². The zero-order valence-electron chi connectivity index (χ0n) is 14.0. The number of carbonyl (C=O) groups is 2. The van der Waals surface area contributed by atoms with Gasteiger partial charge < -0.3 is 14.4 Å². The molecule has 0 bridgehead atoms. The van der Waals surface area contributed by atoms with Crippen LogP contribution < -0.4 is 4.74 Å². The van der Waals surface area contributed by atoms with Gasteiger partial charge in [-0.15, -0.1) is 0 Å². The summed E-state index contributed by atoms with van der Waals surface area (Å²) in [7, 11) is 0. The molecule has 1 aliphatic rings. The van der Waals surface area contributed by atoms with E-state index in [2.05, 4.69) is 0 Å². The number of amides is 1. The number of benzene rings is 1. The molecule has 1 aromatic carbocycles. The van der Waals surface area contributed by atoms with Crippen molar-refractivity contribution in [2.24, 2.45) is 5.92 Å². The summed E-state index contributed by atoms with van der Waals surface area (Å²) >= 11 is 0. The molecule has 0 N–H and O–H groups in total. The van der Waals surface area contributed by atoms with Gasteiger partial charge in [0, 0.05) is 13.1 Å². The number of esters is 1. The first-order chi connectivity index (χ1) is 11.5. The van der Waals surface area contributed by atoms with Gasteiger partial charge in [-0.05, 0) is 51.0 Å². The normalized spacial score (nSPS) is 18.4. The standard InChI is InChI=1S/C18H22N2O4/c1-3-23-18(22)15-5-4-10-20(12-15)17(21)13(2)24-16-8-6-14(11-19)7-9-16/h6-9,13,15H,3-5,10,12H2,1-2H3. The molecule has 0 aromatic heterocycles. The van der Waals surface area contributed by atoms with E-state index >= 15 is 0 Å². The highest BCUT2D eigenvalue weighted by molar-refractivity contribution is 5.82. The maximum atomic E-state index is 12.5. The lowest BCUT2D eigenvalue weighted by Crippen LogP contribution is -2.47. The van der Waals surface area contributed by atoms with Gasteiger partial charge >= 0.3 is 5.97 Å². The number of hydrogen-bond donors (Lipinski definition) is 0. The number of likely N-dealkylation sites (tertiary alicyclic amines) is 1. The van der Waals surface area contributed by atoms with Crippen molar-refractivity contribution in [1.82, 2.24) is 4.90 Å². The molecule has 2 rings (SSSR count). The van der Waals surface area contributed by atoms with Crippen LogP contribution in [0.2, 0.25) is 0 Å². The zero-order chi connectivity index (χ0) is 17.5. The number of ether oxygens (including phenoxy) is 2. The summed E-state index contributed by atoms with van der Waals surface area (Å²) in [6.45, 7) is 4.81. The summed E-state index contributed by atoms with van der Waals surface area (Å²) in [4.78, 5) is 26.1. The number of piperidine rings is 1. The molecule has 6 nitrogen and oxygen atoms in total. The summed E-state index contributed by atoms with van der Waals surface area (Å²) < 4.78 is 10.7. The van der Waals surface area contributed by atoms with Crippen LogP contribution in [-0.4, -0.2) is 42.6 Å². The Kier molecular flexibility index (Phi) is 6.19. The van der Waals surface area contributed by atoms with E-state index in [0.717, 1.165) is 12.8 Å². The van der Waals surface area contributed by atoms with Crippen LogP contribution >= 0.6 is 0 Å². The molecule has 1 fully saturated rings. The number of hydrogen-bond acceptors (Lipinski definition) is 5. The molecule has 128 valence electrons. The zero-order valence-corrected chi connectivity index (χ0v) is 14.0. The molecule has 2 atom stereocenters. The van der Waals surface area contributed by atoms with Crippen molar-refractivity contribution >= 4 is 11.9 Å². The molecule has 1 aliphatic heterocycles. The van der Waals surface area contributed by atoms with Crippen molar-refractivity contribution in [3.8, 4) is 11.8 Å². The fourth-order valence-electron chi connectivity index (χ4n) is 2.75. The SMILES string of the molecule is CCOC(=O)C1CCCN(C(=O)C(C)Oc2ccc(C#N)cc2)C1. The molecule has 0 spiro atoms. The average molecular weight is 330 g/mol. The van der Waals surface area contributed by atoms with Crippen molar-refractivity contribution in [1.29, 1.82) is 5.26 Å². The second-order valence-electron chi connectivity index (χ2n) is 5.77. The minimum atomic E-state index is -0.654. The third-order valence-corrected chi connectivity index (χ3v) is 4.00. The van der Waals surface area contributed by atoms with Crippen LogP contribution in [0.1, 0.15) is 32.3 Å². The van der Waals surface area contributed by atoms with Gasteiger partial charge in [-0.1, -0.05) is 0 Å². The van der Waals surface area contributed by atoms with Gasteiger partial charge in [-0.25, -0.2) is 0 Å². The van der Waals surface area contributed by atoms with Crippen molar-refractivity contribution in [3.05, 3.63) is 29.8 Å². The Morgan fingerprint density at radius 2 is 2.08 bits per heavy atom. The predicted octanol–water partition coefficient (Wildman–Crippen LogP) is 2.13. The molecule has 0 saturated carbocycles. The quantitative estimate of drug-likeness (QED) is 0.773. The highest BCUT2D eigenvalue weighted by atomic mass is 16.5. The fraction of sp³-hybridized carbons (Fsp3) is 0.500. The first-order valence-electron chi connectivity index (χ1n) is 8.17. The summed E-state index contributed by atoms with van der Waals surface area (Å²) in [5.41, 5.74) is 0.537. The molecule has 1 saturated heterocycles. The summed E-state index contributed by atoms with van der Waals surface area (Å²) in [6, 6.07) is 8.65. The summed E-state index contributed by atoms with van der Waals surface area (Å²) in [6.07, 6.45) is 0.866. The van der Waals surface area contributed by atoms with Gasteiger partial charge in [0.2, 0.25) is 0 Å². The molecule has 0 radical (unpaired) electrons. The lowest BCUT2D eigenvalue weighted by Gasteiger charge is -2.33. The molecule has 1 heterocycles. The Balaban J connectivity index is 1.94. The van der Waals surface area contributed by atoms with Gasteiger partial charge in [0.1, 0.15) is 5.75 Å². The smallest absolute Gasteiger partial charge is 0.310 e. The number of nitriles is 1. The number of carbonyl (C=O) groups excluding carboxylic acids is 2. The van der Waals surface area contributed by atoms with Crippen LogP contribution in [0.5, 0.6) is 5.75 Å². The van der Waals surface area contributed by atoms with E-state index in [1.54, 1.807) is 43.0 Å². The first-order valence-corrected chi connectivity index (χ1v) is 8.17. The van der Waals surface area contributed by atoms with Gasteiger partial charge in [-0.2, -0.15) is 5.26 Å². The molecular weight excluding hydrogens is 308 g/mol. The Hall–Kier alpha value is -2.55. The first kappa shape index (κ1) is 17.8. The Morgan fingerprint density at radius 3 is 2.71 bits per heavy atom. The second-order valence-corrected chi connectivity index (χ2v) is 5.77. The highest BCUT2D eigenvalue weighted by Gasteiger charge is 2.31. The van der Waals surface area contributed by atoms with Gasteiger partial charge in [0.25, 0.3) is 5.91 Å². The second kappa shape index (κ2) is 8.34. The van der Waals surface area contributed by atoms with Crippen LogP contribution in [-0.2, 0) is 14.3 Å². The maximum Gasteiger partial charge on any atom is 0.310 e. The predicted molar refractivity (Wildman–Crippen MR) is 87.2 cm³/mol. The maximum absolute atomic E-state index is 12.5. The Labute approximate surface area is 142 Å². The van der Waals surface area contributed by atoms with E-state index in [4.69, 9.17) is 14.7 Å². The minimum absolute atomic E-state index is 0.145. The molecule has 1 aromatic rings. The van der Waals surface area contributed by atoms with Crippen LogP contribution in [0.25, 0.3) is 0 Å². The third-order valence-electron chi connectivity index (χ3n) is 4.00. The fourth-order valence-corrected chi connectivity index (χ4v) is 2.75. The van der Waals surface area contributed by atoms with E-state index in [1.807, 2.05) is 6.07 Å². The van der Waals surface area contributed by atoms with Crippen LogP contribution in [0, 0.1) is 17.2 Å². The number of nitrogens with zero attached hydrogens (tertiary/aromatic N) is 2. The van der Waals surface area contributed by atoms with Crippen LogP contribution in [0.15, 0.2) is 24.3 Å². The van der Waals surface area contributed by atoms with Crippen LogP contribution in [0.3, 0.4) is 0 Å². The topological polar surface area (TPSA) is 79.6 Å². The van der Waals surface area contributed by atoms with Crippen molar-refractivity contribution in [2.45, 2.75) is 32.8 Å². The van der Waals surface area contributed by atoms with Crippen LogP contribution in [0.4, 0.5) is 0 Å². The molecule has 6 heteroatoms. The monoisotopic (exact) mass is 330 g/mol. The van der Waals surface area contributed by atoms with E-state index in [1.165, 1.54) is 0 Å². The Bertz CT molecular complexity index is 621.